The highest BCUT2D eigenvalue weighted by Crippen LogP contribution is 2.20. The van der Waals surface area contributed by atoms with E-state index in [0.717, 1.165) is 36.6 Å². The summed E-state index contributed by atoms with van der Waals surface area (Å²) < 4.78 is 1.71. The highest BCUT2D eigenvalue weighted by molar-refractivity contribution is 6.03. The van der Waals surface area contributed by atoms with Gasteiger partial charge in [-0.05, 0) is 55.8 Å². The highest BCUT2D eigenvalue weighted by atomic mass is 16.1. The number of rotatable bonds is 5. The van der Waals surface area contributed by atoms with Crippen LogP contribution in [0.2, 0.25) is 0 Å². The molecule has 1 aliphatic heterocycles. The van der Waals surface area contributed by atoms with E-state index in [-0.39, 0.29) is 5.91 Å². The second-order valence-electron chi connectivity index (χ2n) is 6.58. The Bertz CT molecular complexity index is 882. The molecule has 0 aliphatic carbocycles. The number of carbonyl (C=O) groups excluding carboxylic acids is 1. The van der Waals surface area contributed by atoms with Gasteiger partial charge in [0, 0.05) is 18.4 Å². The van der Waals surface area contributed by atoms with Gasteiger partial charge in [-0.1, -0.05) is 36.4 Å². The molecule has 0 spiro atoms. The lowest BCUT2D eigenvalue weighted by atomic mass is 10.1. The molecule has 1 aliphatic rings. The van der Waals surface area contributed by atoms with Crippen LogP contribution in [0.25, 0.3) is 5.69 Å². The second kappa shape index (κ2) is 7.54. The number of benzene rings is 2. The SMILES string of the molecule is O=C(Nc1ccccc1CN1CCCC1)c1ccn(-c2ccccc2)n1. The summed E-state index contributed by atoms with van der Waals surface area (Å²) in [6.07, 6.45) is 4.32. The standard InChI is InChI=1S/C21H22N4O/c26-21(20-12-15-25(23-20)18-9-2-1-3-10-18)22-19-11-5-4-8-17(19)16-24-13-6-7-14-24/h1-5,8-12,15H,6-7,13-14,16H2,(H,22,26). The maximum atomic E-state index is 12.6. The van der Waals surface area contributed by atoms with Crippen LogP contribution < -0.4 is 5.32 Å². The fourth-order valence-electron chi connectivity index (χ4n) is 3.32. The molecule has 0 atom stereocenters. The number of aromatic nitrogens is 2. The molecule has 132 valence electrons. The number of nitrogens with one attached hydrogen (secondary N) is 1. The van der Waals surface area contributed by atoms with E-state index in [1.165, 1.54) is 12.8 Å². The minimum absolute atomic E-state index is 0.187. The van der Waals surface area contributed by atoms with Crippen LogP contribution in [-0.2, 0) is 6.54 Å². The van der Waals surface area contributed by atoms with Crippen LogP contribution in [0.5, 0.6) is 0 Å². The quantitative estimate of drug-likeness (QED) is 0.766. The third-order valence-corrected chi connectivity index (χ3v) is 4.70. The Morgan fingerprint density at radius 3 is 2.50 bits per heavy atom. The fraction of sp³-hybridized carbons (Fsp3) is 0.238. The van der Waals surface area contributed by atoms with E-state index >= 15 is 0 Å². The summed E-state index contributed by atoms with van der Waals surface area (Å²) >= 11 is 0. The number of amides is 1. The molecule has 0 bridgehead atoms. The summed E-state index contributed by atoms with van der Waals surface area (Å²) in [5, 5.41) is 7.43. The van der Waals surface area contributed by atoms with Gasteiger partial charge in [-0.2, -0.15) is 5.10 Å². The molecule has 0 radical (unpaired) electrons. The van der Waals surface area contributed by atoms with E-state index in [4.69, 9.17) is 0 Å². The largest absolute Gasteiger partial charge is 0.320 e. The van der Waals surface area contributed by atoms with Crippen molar-refractivity contribution in [3.8, 4) is 5.69 Å². The molecule has 1 fully saturated rings. The molecule has 4 rings (SSSR count). The molecule has 1 saturated heterocycles. The van der Waals surface area contributed by atoms with Gasteiger partial charge in [0.15, 0.2) is 5.69 Å². The molecule has 0 saturated carbocycles. The lowest BCUT2D eigenvalue weighted by molar-refractivity contribution is 0.102. The zero-order valence-corrected chi connectivity index (χ0v) is 14.6. The number of anilines is 1. The molecular formula is C21H22N4O. The van der Waals surface area contributed by atoms with Crippen molar-refractivity contribution < 1.29 is 4.79 Å². The highest BCUT2D eigenvalue weighted by Gasteiger charge is 2.16. The van der Waals surface area contributed by atoms with Gasteiger partial charge in [0.05, 0.1) is 5.69 Å². The minimum Gasteiger partial charge on any atom is -0.320 e. The molecule has 5 nitrogen and oxygen atoms in total. The number of hydrogen-bond donors (Lipinski definition) is 1. The second-order valence-corrected chi connectivity index (χ2v) is 6.58. The van der Waals surface area contributed by atoms with Gasteiger partial charge in [0.25, 0.3) is 5.91 Å². The predicted octanol–water partition coefficient (Wildman–Crippen LogP) is 3.72. The van der Waals surface area contributed by atoms with E-state index in [1.54, 1.807) is 16.9 Å². The van der Waals surface area contributed by atoms with Gasteiger partial charge in [-0.15, -0.1) is 0 Å². The van der Waals surface area contributed by atoms with Crippen molar-refractivity contribution in [2.75, 3.05) is 18.4 Å². The Kier molecular flexibility index (Phi) is 4.80. The van der Waals surface area contributed by atoms with Crippen LogP contribution in [0, 0.1) is 0 Å². The zero-order valence-electron chi connectivity index (χ0n) is 14.6. The van der Waals surface area contributed by atoms with Gasteiger partial charge in [0.1, 0.15) is 0 Å². The molecule has 26 heavy (non-hydrogen) atoms. The molecule has 1 aromatic heterocycles. The van der Waals surface area contributed by atoms with Gasteiger partial charge in [0.2, 0.25) is 0 Å². The smallest absolute Gasteiger partial charge is 0.276 e. The van der Waals surface area contributed by atoms with Crippen molar-refractivity contribution in [1.82, 2.24) is 14.7 Å². The predicted molar refractivity (Wildman–Crippen MR) is 102 cm³/mol. The van der Waals surface area contributed by atoms with Gasteiger partial charge < -0.3 is 5.32 Å². The van der Waals surface area contributed by atoms with Crippen LogP contribution in [0.15, 0.2) is 66.9 Å². The first kappa shape index (κ1) is 16.5. The normalized spacial score (nSPS) is 14.5. The Morgan fingerprint density at radius 1 is 0.962 bits per heavy atom. The first-order valence-corrected chi connectivity index (χ1v) is 9.02. The van der Waals surface area contributed by atoms with E-state index < -0.39 is 0 Å². The summed E-state index contributed by atoms with van der Waals surface area (Å²) in [4.78, 5) is 15.1. The van der Waals surface area contributed by atoms with E-state index in [0.29, 0.717) is 5.69 Å². The van der Waals surface area contributed by atoms with E-state index in [1.807, 2.05) is 48.5 Å². The summed E-state index contributed by atoms with van der Waals surface area (Å²) in [7, 11) is 0. The summed E-state index contributed by atoms with van der Waals surface area (Å²) in [5.74, 6) is -0.187. The van der Waals surface area contributed by atoms with E-state index in [2.05, 4.69) is 21.4 Å². The van der Waals surface area contributed by atoms with Crippen LogP contribution >= 0.6 is 0 Å². The number of carbonyl (C=O) groups is 1. The van der Waals surface area contributed by atoms with E-state index in [9.17, 15) is 4.79 Å². The molecule has 5 heteroatoms. The number of hydrogen-bond acceptors (Lipinski definition) is 3. The Morgan fingerprint density at radius 2 is 1.69 bits per heavy atom. The van der Waals surface area contributed by atoms with Crippen LogP contribution in [0.1, 0.15) is 28.9 Å². The van der Waals surface area contributed by atoms with Crippen LogP contribution in [0.4, 0.5) is 5.69 Å². The Balaban J connectivity index is 1.49. The fourth-order valence-corrected chi connectivity index (χ4v) is 3.32. The molecule has 0 unspecified atom stereocenters. The summed E-state index contributed by atoms with van der Waals surface area (Å²) in [6, 6.07) is 19.5. The lowest BCUT2D eigenvalue weighted by Crippen LogP contribution is -2.20. The number of likely N-dealkylation sites (tertiary alicyclic amines) is 1. The monoisotopic (exact) mass is 346 g/mol. The molecule has 2 aromatic carbocycles. The van der Waals surface area contributed by atoms with Crippen molar-refractivity contribution in [3.63, 3.8) is 0 Å². The summed E-state index contributed by atoms with van der Waals surface area (Å²) in [6.45, 7) is 3.13. The number of nitrogens with zero attached hydrogens (tertiary/aromatic N) is 3. The third-order valence-electron chi connectivity index (χ3n) is 4.70. The zero-order chi connectivity index (χ0) is 17.8. The maximum absolute atomic E-state index is 12.6. The Labute approximate surface area is 153 Å². The minimum atomic E-state index is -0.187. The van der Waals surface area contributed by atoms with Crippen molar-refractivity contribution in [1.29, 1.82) is 0 Å². The Hall–Kier alpha value is -2.92. The van der Waals surface area contributed by atoms with Crippen molar-refractivity contribution in [3.05, 3.63) is 78.1 Å². The summed E-state index contributed by atoms with van der Waals surface area (Å²) in [5.41, 5.74) is 3.34. The van der Waals surface area contributed by atoms with Crippen LogP contribution in [0.3, 0.4) is 0 Å². The number of para-hydroxylation sites is 2. The van der Waals surface area contributed by atoms with Gasteiger partial charge in [-0.25, -0.2) is 4.68 Å². The molecule has 2 heterocycles. The molecule has 1 N–H and O–H groups in total. The molecular weight excluding hydrogens is 324 g/mol. The molecule has 3 aromatic rings. The topological polar surface area (TPSA) is 50.2 Å². The average molecular weight is 346 g/mol. The lowest BCUT2D eigenvalue weighted by Gasteiger charge is -2.17. The first-order chi connectivity index (χ1) is 12.8. The molecule has 1 amide bonds. The van der Waals surface area contributed by atoms with Crippen LogP contribution in [-0.4, -0.2) is 33.7 Å². The van der Waals surface area contributed by atoms with Crippen molar-refractivity contribution in [2.24, 2.45) is 0 Å². The van der Waals surface area contributed by atoms with Gasteiger partial charge in [-0.3, -0.25) is 9.69 Å². The van der Waals surface area contributed by atoms with Crippen molar-refractivity contribution in [2.45, 2.75) is 19.4 Å². The maximum Gasteiger partial charge on any atom is 0.276 e. The average Bonchev–Trinajstić information content (AvgIpc) is 3.36. The van der Waals surface area contributed by atoms with Gasteiger partial charge >= 0.3 is 0 Å². The first-order valence-electron chi connectivity index (χ1n) is 9.02. The van der Waals surface area contributed by atoms with Crippen molar-refractivity contribution >= 4 is 11.6 Å². The third kappa shape index (κ3) is 3.68.